The van der Waals surface area contributed by atoms with Crippen molar-refractivity contribution in [3.05, 3.63) is 66.0 Å². The van der Waals surface area contributed by atoms with Crippen molar-refractivity contribution in [3.8, 4) is 11.5 Å². The molecule has 0 aliphatic carbocycles. The number of para-hydroxylation sites is 1. The third-order valence-corrected chi connectivity index (χ3v) is 5.68. The lowest BCUT2D eigenvalue weighted by atomic mass is 10.1. The molecular formula is C23H22N5O5S+. The Bertz CT molecular complexity index is 1270. The number of anilines is 2. The molecule has 1 aliphatic rings. The Morgan fingerprint density at radius 3 is 2.68 bits per heavy atom. The molecule has 2 aromatic carbocycles. The zero-order valence-corrected chi connectivity index (χ0v) is 19.5. The predicted octanol–water partition coefficient (Wildman–Crippen LogP) is 2.63. The van der Waals surface area contributed by atoms with Gasteiger partial charge in [-0.2, -0.15) is 0 Å². The number of carbonyl (C=O) groups is 2. The van der Waals surface area contributed by atoms with Crippen molar-refractivity contribution in [3.63, 3.8) is 0 Å². The van der Waals surface area contributed by atoms with Crippen molar-refractivity contribution in [2.24, 2.45) is 12.0 Å². The molecule has 10 nitrogen and oxygen atoms in total. The van der Waals surface area contributed by atoms with Crippen molar-refractivity contribution < 1.29 is 28.3 Å². The van der Waals surface area contributed by atoms with Gasteiger partial charge in [-0.3, -0.25) is 24.3 Å². The van der Waals surface area contributed by atoms with Gasteiger partial charge < -0.3 is 9.47 Å². The minimum absolute atomic E-state index is 0.00955. The molecular weight excluding hydrogens is 458 g/mol. The monoisotopic (exact) mass is 480 g/mol. The smallest absolute Gasteiger partial charge is 0.302 e. The third kappa shape index (κ3) is 5.09. The average molecular weight is 481 g/mol. The van der Waals surface area contributed by atoms with Crippen molar-refractivity contribution >= 4 is 46.4 Å². The number of hydrogen-bond donors (Lipinski definition) is 1. The van der Waals surface area contributed by atoms with E-state index in [1.165, 1.54) is 15.8 Å². The lowest BCUT2D eigenvalue weighted by Gasteiger charge is -2.17. The number of nitrogens with one attached hydrogen (secondary N) is 1. The Kier molecular flexibility index (Phi) is 6.93. The van der Waals surface area contributed by atoms with Gasteiger partial charge in [0.25, 0.3) is 12.1 Å². The van der Waals surface area contributed by atoms with E-state index in [1.807, 2.05) is 18.2 Å². The van der Waals surface area contributed by atoms with Gasteiger partial charge in [0.05, 0.1) is 25.7 Å². The van der Waals surface area contributed by atoms with Crippen LogP contribution >= 0.6 is 11.8 Å². The largest absolute Gasteiger partial charge is 0.497 e. The van der Waals surface area contributed by atoms with E-state index >= 15 is 0 Å². The van der Waals surface area contributed by atoms with E-state index in [-0.39, 0.29) is 29.1 Å². The van der Waals surface area contributed by atoms with Crippen molar-refractivity contribution in [1.82, 2.24) is 5.27 Å². The van der Waals surface area contributed by atoms with Crippen LogP contribution in [0.1, 0.15) is 5.56 Å². The van der Waals surface area contributed by atoms with Gasteiger partial charge in [0.15, 0.2) is 17.5 Å². The van der Waals surface area contributed by atoms with Crippen LogP contribution in [0.5, 0.6) is 11.5 Å². The quantitative estimate of drug-likeness (QED) is 0.409. The summed E-state index contributed by atoms with van der Waals surface area (Å²) in [5.74, 6) is 0.786. The van der Waals surface area contributed by atoms with E-state index in [4.69, 9.17) is 14.0 Å². The van der Waals surface area contributed by atoms with E-state index in [1.54, 1.807) is 57.7 Å². The number of carbonyl (C=O) groups excluding carboxylic acids is 2. The van der Waals surface area contributed by atoms with Crippen LogP contribution < -0.4 is 24.4 Å². The Morgan fingerprint density at radius 2 is 2.00 bits per heavy atom. The maximum absolute atomic E-state index is 13.3. The fourth-order valence-electron chi connectivity index (χ4n) is 3.18. The molecule has 4 rings (SSSR count). The molecule has 0 unspecified atom stereocenters. The van der Waals surface area contributed by atoms with Crippen molar-refractivity contribution in [2.45, 2.75) is 0 Å². The van der Waals surface area contributed by atoms with Gasteiger partial charge in [-0.05, 0) is 36.4 Å². The molecule has 0 spiro atoms. The highest BCUT2D eigenvalue weighted by Crippen LogP contribution is 2.32. The second-order valence-corrected chi connectivity index (χ2v) is 8.03. The number of thioether (sulfide) groups is 1. The summed E-state index contributed by atoms with van der Waals surface area (Å²) in [6.45, 7) is 0. The molecule has 1 N–H and O–H groups in total. The topological polar surface area (TPSA) is 110 Å². The number of amides is 2. The Labute approximate surface area is 199 Å². The summed E-state index contributed by atoms with van der Waals surface area (Å²) in [5.41, 5.74) is 1.49. The standard InChI is InChI=1S/C23H21N5O5S/c1-27-13-21(33-26-27)25-20(29)14-34-23-24-18(22(30)28(23)16-7-5-4-6-8-16)12-15-11-17(31-2)9-10-19(15)32-3/h4-13H,14H2,1-3H3/p+1/b18-12+. The van der Waals surface area contributed by atoms with Crippen LogP contribution in [0.4, 0.5) is 11.6 Å². The number of aryl methyl sites for hydroxylation is 1. The third-order valence-electron chi connectivity index (χ3n) is 4.74. The van der Waals surface area contributed by atoms with Crippen LogP contribution in [0, 0.1) is 0 Å². The first-order valence-electron chi connectivity index (χ1n) is 10.2. The number of rotatable bonds is 7. The number of benzene rings is 2. The van der Waals surface area contributed by atoms with Gasteiger partial charge in [-0.25, -0.2) is 4.99 Å². The molecule has 174 valence electrons. The molecule has 0 bridgehead atoms. The minimum atomic E-state index is -0.322. The Hall–Kier alpha value is -4.12. The molecule has 0 saturated carbocycles. The summed E-state index contributed by atoms with van der Waals surface area (Å²) >= 11 is 1.13. The molecule has 0 radical (unpaired) electrons. The van der Waals surface area contributed by atoms with Crippen LogP contribution in [0.15, 0.2) is 69.9 Å². The summed E-state index contributed by atoms with van der Waals surface area (Å²) < 4.78 is 17.1. The summed E-state index contributed by atoms with van der Waals surface area (Å²) in [7, 11) is 4.79. The summed E-state index contributed by atoms with van der Waals surface area (Å²) in [6, 6.07) is 14.4. The molecule has 11 heteroatoms. The molecule has 0 atom stereocenters. The second kappa shape index (κ2) is 10.2. The number of amidine groups is 1. The highest BCUT2D eigenvalue weighted by molar-refractivity contribution is 8.14. The SMILES string of the molecule is COc1ccc(OC)c(/C=C2/N=C(SCC(=O)Nc3c[n+](C)no3)N(c3ccccc3)C2=O)c1. The van der Waals surface area contributed by atoms with E-state index in [0.717, 1.165) is 11.8 Å². The van der Waals surface area contributed by atoms with Crippen LogP contribution in [0.25, 0.3) is 6.08 Å². The fourth-order valence-corrected chi connectivity index (χ4v) is 3.99. The first-order chi connectivity index (χ1) is 16.5. The molecule has 2 heterocycles. The van der Waals surface area contributed by atoms with Gasteiger partial charge in [0.2, 0.25) is 5.91 Å². The summed E-state index contributed by atoms with van der Waals surface area (Å²) in [5, 5.41) is 6.66. The lowest BCUT2D eigenvalue weighted by molar-refractivity contribution is -0.739. The highest BCUT2D eigenvalue weighted by Gasteiger charge is 2.32. The number of ether oxygens (including phenoxy) is 2. The number of nitrogens with zero attached hydrogens (tertiary/aromatic N) is 4. The van der Waals surface area contributed by atoms with Gasteiger partial charge in [0.1, 0.15) is 17.2 Å². The lowest BCUT2D eigenvalue weighted by Crippen LogP contribution is -2.31. The predicted molar refractivity (Wildman–Crippen MR) is 128 cm³/mol. The van der Waals surface area contributed by atoms with Crippen LogP contribution in [0.2, 0.25) is 0 Å². The van der Waals surface area contributed by atoms with Gasteiger partial charge in [-0.15, -0.1) is 0 Å². The van der Waals surface area contributed by atoms with Crippen LogP contribution in [-0.4, -0.2) is 42.2 Å². The van der Waals surface area contributed by atoms with E-state index < -0.39 is 0 Å². The fraction of sp³-hybridized carbons (Fsp3) is 0.174. The Balaban J connectivity index is 1.61. The molecule has 1 aromatic heterocycles. The Morgan fingerprint density at radius 1 is 1.21 bits per heavy atom. The number of aliphatic imine (C=N–C) groups is 1. The van der Waals surface area contributed by atoms with E-state index in [0.29, 0.717) is 27.9 Å². The highest BCUT2D eigenvalue weighted by atomic mass is 32.2. The molecule has 2 amide bonds. The zero-order chi connectivity index (χ0) is 24.1. The molecule has 34 heavy (non-hydrogen) atoms. The van der Waals surface area contributed by atoms with Gasteiger partial charge >= 0.3 is 5.88 Å². The second-order valence-electron chi connectivity index (χ2n) is 7.08. The summed E-state index contributed by atoms with van der Waals surface area (Å²) in [4.78, 5) is 31.8. The number of aromatic nitrogens is 2. The summed E-state index contributed by atoms with van der Waals surface area (Å²) in [6.07, 6.45) is 3.18. The van der Waals surface area contributed by atoms with Crippen LogP contribution in [-0.2, 0) is 16.6 Å². The van der Waals surface area contributed by atoms with Crippen molar-refractivity contribution in [2.75, 3.05) is 30.2 Å². The van der Waals surface area contributed by atoms with Gasteiger partial charge in [0, 0.05) is 5.56 Å². The molecule has 0 saturated heterocycles. The molecule has 3 aromatic rings. The van der Waals surface area contributed by atoms with Crippen LogP contribution in [0.3, 0.4) is 0 Å². The number of hydrogen-bond acceptors (Lipinski definition) is 8. The zero-order valence-electron chi connectivity index (χ0n) is 18.7. The first-order valence-corrected chi connectivity index (χ1v) is 11.1. The number of methoxy groups -OCH3 is 2. The minimum Gasteiger partial charge on any atom is -0.497 e. The first kappa shape index (κ1) is 23.1. The molecule has 1 aliphatic heterocycles. The maximum Gasteiger partial charge on any atom is 0.302 e. The maximum atomic E-state index is 13.3. The average Bonchev–Trinajstić information content (AvgIpc) is 3.40. The van der Waals surface area contributed by atoms with Gasteiger partial charge in [-0.1, -0.05) is 34.6 Å². The van der Waals surface area contributed by atoms with Crippen molar-refractivity contribution in [1.29, 1.82) is 0 Å². The van der Waals surface area contributed by atoms with E-state index in [2.05, 4.69) is 15.6 Å². The molecule has 0 fully saturated rings. The normalized spacial score (nSPS) is 14.3. The van der Waals surface area contributed by atoms with E-state index in [9.17, 15) is 9.59 Å².